The maximum absolute atomic E-state index is 3.76. The van der Waals surface area contributed by atoms with Gasteiger partial charge in [0.2, 0.25) is 0 Å². The Morgan fingerprint density at radius 3 is 2.44 bits per heavy atom. The van der Waals surface area contributed by atoms with Gasteiger partial charge >= 0.3 is 0 Å². The van der Waals surface area contributed by atoms with E-state index in [1.807, 2.05) is 0 Å². The molecule has 0 spiro atoms. The topological polar surface area (TPSA) is 15.3 Å². The number of allylic oxidation sites excluding steroid dienone is 1. The molecule has 0 aromatic heterocycles. The Bertz CT molecular complexity index is 256. The number of nitrogens with zero attached hydrogens (tertiary/aromatic N) is 1. The van der Waals surface area contributed by atoms with Gasteiger partial charge in [-0.05, 0) is 58.7 Å². The van der Waals surface area contributed by atoms with Crippen molar-refractivity contribution in [2.75, 3.05) is 26.2 Å². The number of piperidine rings is 1. The molecule has 0 aromatic carbocycles. The Morgan fingerprint density at radius 1 is 1.17 bits per heavy atom. The molecule has 0 atom stereocenters. The smallest absolute Gasteiger partial charge is 0.0165 e. The van der Waals surface area contributed by atoms with E-state index in [0.717, 1.165) is 18.5 Å². The van der Waals surface area contributed by atoms with Crippen LogP contribution in [0.25, 0.3) is 0 Å². The predicted molar refractivity (Wildman–Crippen MR) is 78.9 cm³/mol. The Labute approximate surface area is 113 Å². The minimum Gasteiger partial charge on any atom is -0.314 e. The lowest BCUT2D eigenvalue weighted by atomic mass is 9.83. The van der Waals surface area contributed by atoms with Crippen LogP contribution in [0.1, 0.15) is 52.4 Å². The van der Waals surface area contributed by atoms with Gasteiger partial charge in [-0.2, -0.15) is 0 Å². The fourth-order valence-corrected chi connectivity index (χ4v) is 2.90. The highest BCUT2D eigenvalue weighted by atomic mass is 15.1. The van der Waals surface area contributed by atoms with Gasteiger partial charge in [-0.3, -0.25) is 4.90 Å². The highest BCUT2D eigenvalue weighted by Crippen LogP contribution is 2.28. The Hall–Kier alpha value is -0.340. The molecule has 0 aromatic rings. The van der Waals surface area contributed by atoms with Crippen molar-refractivity contribution in [3.8, 4) is 0 Å². The molecule has 0 bridgehead atoms. The van der Waals surface area contributed by atoms with Gasteiger partial charge < -0.3 is 5.32 Å². The molecule has 0 radical (unpaired) electrons. The molecular weight excluding hydrogens is 220 g/mol. The molecule has 1 aliphatic heterocycles. The van der Waals surface area contributed by atoms with Gasteiger partial charge in [0.25, 0.3) is 0 Å². The van der Waals surface area contributed by atoms with Crippen molar-refractivity contribution in [3.63, 3.8) is 0 Å². The van der Waals surface area contributed by atoms with E-state index < -0.39 is 0 Å². The summed E-state index contributed by atoms with van der Waals surface area (Å²) in [4.78, 5) is 2.58. The van der Waals surface area contributed by atoms with Crippen LogP contribution in [0, 0.1) is 5.92 Å². The highest BCUT2D eigenvalue weighted by molar-refractivity contribution is 4.95. The van der Waals surface area contributed by atoms with Crippen LogP contribution in [0.2, 0.25) is 0 Å². The summed E-state index contributed by atoms with van der Waals surface area (Å²) < 4.78 is 0. The van der Waals surface area contributed by atoms with Crippen molar-refractivity contribution in [2.24, 2.45) is 5.92 Å². The number of hydrogen-bond donors (Lipinski definition) is 1. The zero-order valence-electron chi connectivity index (χ0n) is 12.3. The Morgan fingerprint density at radius 2 is 1.89 bits per heavy atom. The van der Waals surface area contributed by atoms with Gasteiger partial charge in [-0.1, -0.05) is 30.9 Å². The zero-order chi connectivity index (χ0) is 12.8. The minimum atomic E-state index is 0.785. The summed E-state index contributed by atoms with van der Waals surface area (Å²) in [5.74, 6) is 1.05. The van der Waals surface area contributed by atoms with Crippen LogP contribution >= 0.6 is 0 Å². The second kappa shape index (κ2) is 7.30. The Balaban J connectivity index is 1.53. The van der Waals surface area contributed by atoms with Crippen LogP contribution in [0.3, 0.4) is 0 Å². The van der Waals surface area contributed by atoms with Gasteiger partial charge in [-0.25, -0.2) is 0 Å². The Kier molecular flexibility index (Phi) is 5.71. The summed E-state index contributed by atoms with van der Waals surface area (Å²) in [6.07, 6.45) is 10.9. The van der Waals surface area contributed by atoms with Crippen LogP contribution < -0.4 is 5.32 Å². The van der Waals surface area contributed by atoms with Crippen molar-refractivity contribution in [1.29, 1.82) is 0 Å². The second-order valence-corrected chi connectivity index (χ2v) is 6.40. The molecule has 0 unspecified atom stereocenters. The molecule has 1 N–H and O–H groups in total. The van der Waals surface area contributed by atoms with Crippen LogP contribution in [0.15, 0.2) is 11.6 Å². The molecule has 1 heterocycles. The first-order valence-corrected chi connectivity index (χ1v) is 7.83. The summed E-state index contributed by atoms with van der Waals surface area (Å²) in [6.45, 7) is 9.32. The van der Waals surface area contributed by atoms with Crippen molar-refractivity contribution in [3.05, 3.63) is 11.6 Å². The fraction of sp³-hybridized carbons (Fsp3) is 0.875. The van der Waals surface area contributed by atoms with Crippen molar-refractivity contribution < 1.29 is 0 Å². The summed E-state index contributed by atoms with van der Waals surface area (Å²) in [7, 11) is 0. The van der Waals surface area contributed by atoms with E-state index >= 15 is 0 Å². The third-order valence-corrected chi connectivity index (χ3v) is 4.56. The molecule has 1 saturated heterocycles. The highest BCUT2D eigenvalue weighted by Gasteiger charge is 2.20. The van der Waals surface area contributed by atoms with E-state index in [-0.39, 0.29) is 0 Å². The van der Waals surface area contributed by atoms with Crippen molar-refractivity contribution in [1.82, 2.24) is 10.2 Å². The van der Waals surface area contributed by atoms with E-state index in [9.17, 15) is 0 Å². The van der Waals surface area contributed by atoms with E-state index in [1.54, 1.807) is 0 Å². The molecule has 2 nitrogen and oxygen atoms in total. The molecule has 1 saturated carbocycles. The van der Waals surface area contributed by atoms with Gasteiger partial charge in [0.1, 0.15) is 0 Å². The molecule has 1 aliphatic carbocycles. The van der Waals surface area contributed by atoms with E-state index in [1.165, 1.54) is 63.7 Å². The second-order valence-electron chi connectivity index (χ2n) is 6.40. The molecule has 18 heavy (non-hydrogen) atoms. The number of likely N-dealkylation sites (tertiary alicyclic amines) is 1. The lowest BCUT2D eigenvalue weighted by molar-refractivity contribution is 0.209. The number of hydrogen-bond acceptors (Lipinski definition) is 2. The quantitative estimate of drug-likeness (QED) is 0.728. The monoisotopic (exact) mass is 250 g/mol. The molecule has 2 heteroatoms. The van der Waals surface area contributed by atoms with Crippen LogP contribution in [-0.2, 0) is 0 Å². The van der Waals surface area contributed by atoms with E-state index in [0.29, 0.717) is 0 Å². The molecule has 0 amide bonds. The van der Waals surface area contributed by atoms with Crippen LogP contribution in [0.4, 0.5) is 0 Å². The lowest BCUT2D eigenvalue weighted by Crippen LogP contribution is -2.43. The molecule has 104 valence electrons. The first-order valence-electron chi connectivity index (χ1n) is 7.83. The molecular formula is C16H30N2. The summed E-state index contributed by atoms with van der Waals surface area (Å²) in [5, 5.41) is 3.76. The van der Waals surface area contributed by atoms with Crippen molar-refractivity contribution in [2.45, 2.75) is 58.4 Å². The minimum absolute atomic E-state index is 0.785. The first kappa shape index (κ1) is 14.1. The largest absolute Gasteiger partial charge is 0.314 e. The van der Waals surface area contributed by atoms with Crippen molar-refractivity contribution >= 4 is 0 Å². The summed E-state index contributed by atoms with van der Waals surface area (Å²) in [6, 6.07) is 0.785. The molecule has 2 aliphatic rings. The number of nitrogens with one attached hydrogen (secondary N) is 1. The average molecular weight is 250 g/mol. The first-order chi connectivity index (χ1) is 8.74. The normalized spacial score (nSPS) is 22.8. The maximum Gasteiger partial charge on any atom is 0.0165 e. The van der Waals surface area contributed by atoms with Gasteiger partial charge in [0, 0.05) is 12.6 Å². The number of rotatable bonds is 6. The van der Waals surface area contributed by atoms with Gasteiger partial charge in [0.15, 0.2) is 0 Å². The fourth-order valence-electron chi connectivity index (χ4n) is 2.90. The average Bonchev–Trinajstić information content (AvgIpc) is 2.31. The zero-order valence-corrected chi connectivity index (χ0v) is 12.3. The van der Waals surface area contributed by atoms with Crippen LogP contribution in [0.5, 0.6) is 0 Å². The third kappa shape index (κ3) is 4.74. The van der Waals surface area contributed by atoms with E-state index in [2.05, 4.69) is 30.1 Å². The summed E-state index contributed by atoms with van der Waals surface area (Å²) >= 11 is 0. The molecule has 2 rings (SSSR count). The summed E-state index contributed by atoms with van der Waals surface area (Å²) in [5.41, 5.74) is 1.44. The van der Waals surface area contributed by atoms with Crippen LogP contribution in [-0.4, -0.2) is 37.1 Å². The SMILES string of the molecule is CC(C)=CCN1CCC(NCCC2CCC2)CC1. The van der Waals surface area contributed by atoms with Gasteiger partial charge in [-0.15, -0.1) is 0 Å². The standard InChI is InChI=1S/C16H30N2/c1-14(2)7-11-18-12-8-16(9-13-18)17-10-6-15-4-3-5-15/h7,15-17H,3-6,8-13H2,1-2H3. The lowest BCUT2D eigenvalue weighted by Gasteiger charge is -2.33. The maximum atomic E-state index is 3.76. The third-order valence-electron chi connectivity index (χ3n) is 4.56. The van der Waals surface area contributed by atoms with Gasteiger partial charge in [0.05, 0.1) is 0 Å². The predicted octanol–water partition coefficient (Wildman–Crippen LogP) is 3.20. The molecule has 2 fully saturated rings. The van der Waals surface area contributed by atoms with E-state index in [4.69, 9.17) is 0 Å².